The van der Waals surface area contributed by atoms with Gasteiger partial charge in [-0.3, -0.25) is 9.59 Å². The molecule has 2 aromatic rings. The summed E-state index contributed by atoms with van der Waals surface area (Å²) in [6, 6.07) is 15.6. The molecule has 2 aromatic carbocycles. The Morgan fingerprint density at radius 2 is 1.60 bits per heavy atom. The summed E-state index contributed by atoms with van der Waals surface area (Å²) in [5.41, 5.74) is 4.64. The van der Waals surface area contributed by atoms with E-state index in [1.165, 1.54) is 11.1 Å². The third-order valence-electron chi connectivity index (χ3n) is 7.19. The molecule has 0 aliphatic heterocycles. The summed E-state index contributed by atoms with van der Waals surface area (Å²) < 4.78 is 5.68. The number of carbonyl (C=O) groups is 3. The minimum absolute atomic E-state index is 0.0237. The van der Waals surface area contributed by atoms with Crippen LogP contribution in [0.3, 0.4) is 0 Å². The van der Waals surface area contributed by atoms with E-state index < -0.39 is 18.1 Å². The van der Waals surface area contributed by atoms with Gasteiger partial charge in [0.2, 0.25) is 5.91 Å². The lowest BCUT2D eigenvalue weighted by atomic mass is 9.78. The Kier molecular flexibility index (Phi) is 8.06. The highest BCUT2D eigenvalue weighted by Crippen LogP contribution is 2.44. The lowest BCUT2D eigenvalue weighted by Crippen LogP contribution is -2.47. The summed E-state index contributed by atoms with van der Waals surface area (Å²) in [4.78, 5) is 36.6. The predicted octanol–water partition coefficient (Wildman–Crippen LogP) is 4.84. The van der Waals surface area contributed by atoms with Gasteiger partial charge in [-0.2, -0.15) is 0 Å². The lowest BCUT2D eigenvalue weighted by molar-refractivity contribution is -0.137. The second kappa shape index (κ2) is 11.4. The number of aliphatic carboxylic acids is 1. The number of amides is 2. The average molecular weight is 479 g/mol. The summed E-state index contributed by atoms with van der Waals surface area (Å²) in [7, 11) is 0. The van der Waals surface area contributed by atoms with Crippen LogP contribution in [-0.4, -0.2) is 41.8 Å². The largest absolute Gasteiger partial charge is 0.481 e. The summed E-state index contributed by atoms with van der Waals surface area (Å²) in [5.74, 6) is -0.966. The van der Waals surface area contributed by atoms with Gasteiger partial charge in [-0.25, -0.2) is 4.79 Å². The Morgan fingerprint density at radius 3 is 2.14 bits per heavy atom. The molecule has 2 amide bonds. The van der Waals surface area contributed by atoms with Crippen molar-refractivity contribution in [2.75, 3.05) is 6.61 Å². The second-order valence-corrected chi connectivity index (χ2v) is 9.62. The molecule has 7 nitrogen and oxygen atoms in total. The molecule has 0 radical (unpaired) electrons. The van der Waals surface area contributed by atoms with Crippen LogP contribution in [0.25, 0.3) is 11.1 Å². The molecule has 0 aromatic heterocycles. The van der Waals surface area contributed by atoms with E-state index in [9.17, 15) is 14.4 Å². The summed E-state index contributed by atoms with van der Waals surface area (Å²) >= 11 is 0. The van der Waals surface area contributed by atoms with E-state index >= 15 is 0 Å². The quantitative estimate of drug-likeness (QED) is 0.429. The molecule has 7 heteroatoms. The van der Waals surface area contributed by atoms with Crippen LogP contribution in [-0.2, 0) is 14.3 Å². The third kappa shape index (κ3) is 6.02. The Balaban J connectivity index is 1.36. The second-order valence-electron chi connectivity index (χ2n) is 9.62. The lowest BCUT2D eigenvalue weighted by Gasteiger charge is -2.34. The average Bonchev–Trinajstić information content (AvgIpc) is 3.10. The molecule has 2 aliphatic carbocycles. The zero-order valence-corrected chi connectivity index (χ0v) is 20.2. The number of hydrogen-bond donors (Lipinski definition) is 3. The van der Waals surface area contributed by atoms with Crippen LogP contribution in [0.5, 0.6) is 0 Å². The van der Waals surface area contributed by atoms with Gasteiger partial charge in [-0.05, 0) is 47.4 Å². The van der Waals surface area contributed by atoms with Gasteiger partial charge in [-0.1, -0.05) is 68.3 Å². The Bertz CT molecular complexity index is 1020. The SMILES string of the molecule is CCC[C@@H](CC(=O)O)NC(=O)CC(NC(=O)OCC1c2ccccc2-c2ccccc21)C1CCC1. The maximum atomic E-state index is 12.8. The molecule has 1 unspecified atom stereocenters. The first-order valence-corrected chi connectivity index (χ1v) is 12.6. The third-order valence-corrected chi connectivity index (χ3v) is 7.19. The maximum absolute atomic E-state index is 12.8. The van der Waals surface area contributed by atoms with E-state index in [2.05, 4.69) is 34.9 Å². The van der Waals surface area contributed by atoms with Crippen LogP contribution in [0.1, 0.15) is 68.9 Å². The maximum Gasteiger partial charge on any atom is 0.407 e. The van der Waals surface area contributed by atoms with Gasteiger partial charge in [0.25, 0.3) is 0 Å². The smallest absolute Gasteiger partial charge is 0.407 e. The van der Waals surface area contributed by atoms with E-state index in [4.69, 9.17) is 9.84 Å². The van der Waals surface area contributed by atoms with Gasteiger partial charge >= 0.3 is 12.1 Å². The molecule has 1 saturated carbocycles. The van der Waals surface area contributed by atoms with Crippen molar-refractivity contribution in [2.45, 2.75) is 69.9 Å². The van der Waals surface area contributed by atoms with Crippen LogP contribution < -0.4 is 10.6 Å². The first kappa shape index (κ1) is 24.8. The van der Waals surface area contributed by atoms with Crippen molar-refractivity contribution in [2.24, 2.45) is 5.92 Å². The predicted molar refractivity (Wildman–Crippen MR) is 133 cm³/mol. The number of carbonyl (C=O) groups excluding carboxylic acids is 2. The molecular formula is C28H34N2O5. The molecule has 1 fully saturated rings. The summed E-state index contributed by atoms with van der Waals surface area (Å²) in [6.07, 6.45) is 3.86. The van der Waals surface area contributed by atoms with Crippen molar-refractivity contribution in [3.05, 3.63) is 59.7 Å². The Labute approximate surface area is 206 Å². The van der Waals surface area contributed by atoms with Gasteiger partial charge in [0, 0.05) is 24.4 Å². The Morgan fingerprint density at radius 1 is 0.971 bits per heavy atom. The standard InChI is InChI=1S/C28H34N2O5/c1-2-8-19(15-27(32)33)29-26(31)16-25(18-9-7-10-18)30-28(34)35-17-24-22-13-5-3-11-20(22)21-12-4-6-14-23(21)24/h3-6,11-14,18-19,24-25H,2,7-10,15-17H2,1H3,(H,29,31)(H,30,34)(H,32,33)/t19-,25?/m0/s1. The molecule has 0 saturated heterocycles. The van der Waals surface area contributed by atoms with Crippen molar-refractivity contribution in [3.8, 4) is 11.1 Å². The first-order valence-electron chi connectivity index (χ1n) is 12.6. The number of nitrogens with one attached hydrogen (secondary N) is 2. The van der Waals surface area contributed by atoms with E-state index in [0.717, 1.165) is 36.8 Å². The minimum atomic E-state index is -0.934. The number of hydrogen-bond acceptors (Lipinski definition) is 4. The van der Waals surface area contributed by atoms with Crippen molar-refractivity contribution >= 4 is 18.0 Å². The molecule has 0 heterocycles. The van der Waals surface area contributed by atoms with Crippen LogP contribution in [0.2, 0.25) is 0 Å². The summed E-state index contributed by atoms with van der Waals surface area (Å²) in [5, 5.41) is 14.9. The highest BCUT2D eigenvalue weighted by Gasteiger charge is 2.33. The number of alkyl carbamates (subject to hydrolysis) is 1. The van der Waals surface area contributed by atoms with Crippen LogP contribution in [0.4, 0.5) is 4.79 Å². The van der Waals surface area contributed by atoms with Gasteiger partial charge in [0.15, 0.2) is 0 Å². The van der Waals surface area contributed by atoms with Crippen molar-refractivity contribution < 1.29 is 24.2 Å². The van der Waals surface area contributed by atoms with Gasteiger partial charge in [0.1, 0.15) is 6.61 Å². The van der Waals surface area contributed by atoms with Gasteiger partial charge in [-0.15, -0.1) is 0 Å². The number of rotatable bonds is 11. The highest BCUT2D eigenvalue weighted by atomic mass is 16.5. The molecule has 35 heavy (non-hydrogen) atoms. The fourth-order valence-electron chi connectivity index (χ4n) is 5.24. The number of carboxylic acids is 1. The monoisotopic (exact) mass is 478 g/mol. The molecule has 4 rings (SSSR count). The van der Waals surface area contributed by atoms with Crippen LogP contribution in [0.15, 0.2) is 48.5 Å². The molecule has 2 atom stereocenters. The normalized spacial score (nSPS) is 16.4. The zero-order chi connectivity index (χ0) is 24.8. The van der Waals surface area contributed by atoms with Crippen molar-refractivity contribution in [3.63, 3.8) is 0 Å². The minimum Gasteiger partial charge on any atom is -0.481 e. The molecule has 2 aliphatic rings. The molecular weight excluding hydrogens is 444 g/mol. The van der Waals surface area contributed by atoms with Gasteiger partial charge in [0.05, 0.1) is 6.42 Å². The topological polar surface area (TPSA) is 105 Å². The molecule has 3 N–H and O–H groups in total. The number of fused-ring (bicyclic) bond motifs is 3. The van der Waals surface area contributed by atoms with E-state index in [1.54, 1.807) is 0 Å². The van der Waals surface area contributed by atoms with E-state index in [0.29, 0.717) is 6.42 Å². The van der Waals surface area contributed by atoms with E-state index in [-0.39, 0.29) is 43.2 Å². The first-order chi connectivity index (χ1) is 17.0. The molecule has 186 valence electrons. The Hall–Kier alpha value is -3.35. The van der Waals surface area contributed by atoms with E-state index in [1.807, 2.05) is 31.2 Å². The molecule has 0 spiro atoms. The zero-order valence-electron chi connectivity index (χ0n) is 20.2. The van der Waals surface area contributed by atoms with Crippen LogP contribution >= 0.6 is 0 Å². The molecule has 0 bridgehead atoms. The number of carboxylic acid groups (broad SMARTS) is 1. The number of ether oxygens (including phenoxy) is 1. The van der Waals surface area contributed by atoms with Crippen molar-refractivity contribution in [1.82, 2.24) is 10.6 Å². The highest BCUT2D eigenvalue weighted by molar-refractivity contribution is 5.80. The number of benzene rings is 2. The fraction of sp³-hybridized carbons (Fsp3) is 0.464. The van der Waals surface area contributed by atoms with Crippen LogP contribution in [0, 0.1) is 5.92 Å². The summed E-state index contributed by atoms with van der Waals surface area (Å²) in [6.45, 7) is 2.18. The fourth-order valence-corrected chi connectivity index (χ4v) is 5.24. The van der Waals surface area contributed by atoms with Crippen molar-refractivity contribution in [1.29, 1.82) is 0 Å². The van der Waals surface area contributed by atoms with Gasteiger partial charge < -0.3 is 20.5 Å².